The fourth-order valence-corrected chi connectivity index (χ4v) is 7.42. The van der Waals surface area contributed by atoms with Gasteiger partial charge in [0.1, 0.15) is 11.7 Å². The predicted molar refractivity (Wildman–Crippen MR) is 200 cm³/mol. The first-order valence-corrected chi connectivity index (χ1v) is 18.3. The van der Waals surface area contributed by atoms with Crippen molar-refractivity contribution < 1.29 is 42.1 Å². The zero-order chi connectivity index (χ0) is 39.5. The molecular weight excluding hydrogens is 739 g/mol. The maximum Gasteiger partial charge on any atom is 0.421 e. The quantitative estimate of drug-likeness (QED) is 0.0972. The van der Waals surface area contributed by atoms with Crippen molar-refractivity contribution in [3.05, 3.63) is 87.4 Å². The molecule has 1 aliphatic carbocycles. The number of halogens is 4. The molecule has 2 atom stereocenters. The molecule has 292 valence electrons. The summed E-state index contributed by atoms with van der Waals surface area (Å²) in [5.41, 5.74) is 3.47. The number of pyridine rings is 2. The number of nitrogens with zero attached hydrogens (tertiary/aromatic N) is 2. The minimum absolute atomic E-state index is 0.0641. The Labute approximate surface area is 322 Å². The van der Waals surface area contributed by atoms with Crippen molar-refractivity contribution >= 4 is 23.5 Å². The molecule has 3 heterocycles. The first-order valence-electron chi connectivity index (χ1n) is 17.9. The van der Waals surface area contributed by atoms with E-state index in [2.05, 4.69) is 20.9 Å². The summed E-state index contributed by atoms with van der Waals surface area (Å²) in [7, 11) is 2.86. The highest BCUT2D eigenvalue weighted by atomic mass is 35.5. The Bertz CT molecular complexity index is 2080. The third-order valence-electron chi connectivity index (χ3n) is 9.83. The van der Waals surface area contributed by atoms with Gasteiger partial charge in [-0.15, -0.1) is 0 Å². The van der Waals surface area contributed by atoms with Gasteiger partial charge in [0, 0.05) is 59.9 Å². The van der Waals surface area contributed by atoms with E-state index in [-0.39, 0.29) is 36.4 Å². The Morgan fingerprint density at radius 1 is 0.927 bits per heavy atom. The van der Waals surface area contributed by atoms with Crippen LogP contribution in [0.5, 0.6) is 17.6 Å². The summed E-state index contributed by atoms with van der Waals surface area (Å²) in [5, 5.41) is 19.0. The van der Waals surface area contributed by atoms with Crippen molar-refractivity contribution in [3.8, 4) is 40.0 Å². The largest absolute Gasteiger partial charge is 0.481 e. The van der Waals surface area contributed by atoms with Gasteiger partial charge in [-0.1, -0.05) is 54.1 Å². The van der Waals surface area contributed by atoms with Crippen molar-refractivity contribution in [2.24, 2.45) is 0 Å². The highest BCUT2D eigenvalue weighted by Gasteiger charge is 2.39. The van der Waals surface area contributed by atoms with E-state index in [0.717, 1.165) is 40.3 Å². The molecule has 2 aromatic carbocycles. The number of carbonyl (C=O) groups excluding carboxylic acids is 1. The van der Waals surface area contributed by atoms with Gasteiger partial charge in [0.25, 0.3) is 0 Å². The normalized spacial score (nSPS) is 16.8. The molecule has 0 spiro atoms. The van der Waals surface area contributed by atoms with Crippen molar-refractivity contribution in [1.82, 2.24) is 25.9 Å². The summed E-state index contributed by atoms with van der Waals surface area (Å²) in [6, 6.07) is 16.1. The van der Waals surface area contributed by atoms with E-state index in [1.165, 1.54) is 7.11 Å². The maximum atomic E-state index is 14.5. The molecule has 0 bridgehead atoms. The number of fused-ring (bicyclic) bond motifs is 1. The number of methoxy groups -OCH3 is 2. The second-order valence-corrected chi connectivity index (χ2v) is 14.7. The van der Waals surface area contributed by atoms with E-state index in [1.54, 1.807) is 21.0 Å². The van der Waals surface area contributed by atoms with Gasteiger partial charge in [-0.05, 0) is 61.9 Å². The monoisotopic (exact) mass is 781 g/mol. The van der Waals surface area contributed by atoms with Gasteiger partial charge >= 0.3 is 12.1 Å². The number of benzene rings is 2. The average Bonchev–Trinajstić information content (AvgIpc) is 3.75. The smallest absolute Gasteiger partial charge is 0.421 e. The molecule has 1 amide bonds. The number of ether oxygens (including phenoxy) is 3. The van der Waals surface area contributed by atoms with Gasteiger partial charge in [0.15, 0.2) is 0 Å². The number of alkyl halides is 3. The van der Waals surface area contributed by atoms with Gasteiger partial charge < -0.3 is 35.3 Å². The molecule has 0 saturated carbocycles. The highest BCUT2D eigenvalue weighted by molar-refractivity contribution is 6.36. The zero-order valence-electron chi connectivity index (χ0n) is 30.9. The molecule has 4 aromatic rings. The van der Waals surface area contributed by atoms with Crippen LogP contribution in [0.15, 0.2) is 54.6 Å². The Kier molecular flexibility index (Phi) is 11.9. The summed E-state index contributed by atoms with van der Waals surface area (Å²) in [6.45, 7) is 4.31. The first kappa shape index (κ1) is 39.8. The number of carbonyl (C=O) groups is 2. The number of carboxylic acid groups (broad SMARTS) is 1. The van der Waals surface area contributed by atoms with Crippen LogP contribution in [0.3, 0.4) is 0 Å². The third-order valence-corrected chi connectivity index (χ3v) is 10.2. The van der Waals surface area contributed by atoms with Crippen LogP contribution in [0, 0.1) is 0 Å². The molecule has 2 aromatic heterocycles. The number of aromatic nitrogens is 2. The fourth-order valence-electron chi connectivity index (χ4n) is 7.10. The molecule has 0 radical (unpaired) electrons. The second-order valence-electron chi connectivity index (χ2n) is 14.3. The van der Waals surface area contributed by atoms with E-state index in [9.17, 15) is 27.9 Å². The lowest BCUT2D eigenvalue weighted by Gasteiger charge is -2.25. The van der Waals surface area contributed by atoms with Crippen molar-refractivity contribution in [1.29, 1.82) is 0 Å². The van der Waals surface area contributed by atoms with Crippen LogP contribution in [0.2, 0.25) is 5.02 Å². The van der Waals surface area contributed by atoms with Gasteiger partial charge in [-0.3, -0.25) is 9.59 Å². The molecule has 4 N–H and O–H groups in total. The molecule has 1 fully saturated rings. The number of rotatable bonds is 15. The van der Waals surface area contributed by atoms with Crippen LogP contribution in [-0.2, 0) is 35.3 Å². The molecule has 1 aliphatic heterocycles. The molecule has 0 unspecified atom stereocenters. The lowest BCUT2D eigenvalue weighted by atomic mass is 9.94. The summed E-state index contributed by atoms with van der Waals surface area (Å²) in [5.74, 6) is -1.21. The van der Waals surface area contributed by atoms with Crippen LogP contribution in [-0.4, -0.2) is 59.3 Å². The number of carboxylic acids is 1. The topological polar surface area (TPSA) is 144 Å². The van der Waals surface area contributed by atoms with E-state index in [1.807, 2.05) is 48.5 Å². The van der Waals surface area contributed by atoms with Gasteiger partial charge in [-0.25, -0.2) is 4.98 Å². The van der Waals surface area contributed by atoms with Crippen LogP contribution in [0.1, 0.15) is 73.5 Å². The minimum Gasteiger partial charge on any atom is -0.481 e. The Balaban J connectivity index is 1.24. The van der Waals surface area contributed by atoms with E-state index >= 15 is 0 Å². The molecule has 11 nitrogen and oxygen atoms in total. The molecule has 55 heavy (non-hydrogen) atoms. The van der Waals surface area contributed by atoms with Crippen molar-refractivity contribution in [3.63, 3.8) is 0 Å². The molecular formula is C40H43ClF3N5O6. The molecule has 6 rings (SSSR count). The molecule has 15 heteroatoms. The lowest BCUT2D eigenvalue weighted by Crippen LogP contribution is -2.40. The first-order chi connectivity index (χ1) is 26.2. The SMILES string of the molecule is COc1nc(-c2cccc(-c3cccc4c3CC[C@@H]4Oc3nc(OC)c(CNC(C)(C)CC(=O)O)cc3C(F)(F)F)c2Cl)ccc1CNC[C@@H]1CCC(=O)N1. The van der Waals surface area contributed by atoms with Crippen LogP contribution in [0.25, 0.3) is 22.4 Å². The van der Waals surface area contributed by atoms with Gasteiger partial charge in [0.2, 0.25) is 23.5 Å². The predicted octanol–water partition coefficient (Wildman–Crippen LogP) is 7.28. The van der Waals surface area contributed by atoms with Crippen LogP contribution >= 0.6 is 11.6 Å². The third kappa shape index (κ3) is 9.14. The van der Waals surface area contributed by atoms with E-state index in [0.29, 0.717) is 54.5 Å². The molecule has 2 aliphatic rings. The van der Waals surface area contributed by atoms with E-state index in [4.69, 9.17) is 30.8 Å². The summed E-state index contributed by atoms with van der Waals surface area (Å²) < 4.78 is 60.5. The Morgan fingerprint density at radius 3 is 2.33 bits per heavy atom. The second kappa shape index (κ2) is 16.4. The summed E-state index contributed by atoms with van der Waals surface area (Å²) in [6.07, 6.45) is -3.51. The standard InChI is InChI=1S/C40H43ClF3N5O6/c1-39(2,18-34(51)52)46-20-23-17-30(40(42,43)44)38(49-37(23)54-4)55-32-15-13-26-25(7-5-8-27(26)32)28-9-6-10-29(35(28)41)31-14-11-22(36(48-31)53-3)19-45-21-24-12-16-33(50)47-24/h5-11,14,17,24,32,45-46H,12-13,15-16,18-21H2,1-4H3,(H,47,50)(H,51,52)/t24-,32-/m0/s1. The Hall–Kier alpha value is -4.92. The average molecular weight is 782 g/mol. The number of amides is 1. The van der Waals surface area contributed by atoms with Gasteiger partial charge in [-0.2, -0.15) is 18.2 Å². The summed E-state index contributed by atoms with van der Waals surface area (Å²) >= 11 is 7.10. The summed E-state index contributed by atoms with van der Waals surface area (Å²) in [4.78, 5) is 31.7. The van der Waals surface area contributed by atoms with E-state index < -0.39 is 35.2 Å². The molecule has 1 saturated heterocycles. The van der Waals surface area contributed by atoms with Crippen LogP contribution < -0.4 is 30.2 Å². The number of hydrogen-bond donors (Lipinski definition) is 4. The minimum atomic E-state index is -4.79. The lowest BCUT2D eigenvalue weighted by molar-refractivity contribution is -0.140. The van der Waals surface area contributed by atoms with Crippen molar-refractivity contribution in [2.75, 3.05) is 20.8 Å². The van der Waals surface area contributed by atoms with Crippen LogP contribution in [0.4, 0.5) is 13.2 Å². The van der Waals surface area contributed by atoms with Crippen molar-refractivity contribution in [2.45, 2.75) is 82.9 Å². The maximum absolute atomic E-state index is 14.5. The number of aliphatic carboxylic acids is 1. The highest BCUT2D eigenvalue weighted by Crippen LogP contribution is 2.46. The number of nitrogens with one attached hydrogen (secondary N) is 3. The fraction of sp³-hybridized carbons (Fsp3) is 0.400. The van der Waals surface area contributed by atoms with Gasteiger partial charge in [0.05, 0.1) is 31.4 Å². The Morgan fingerprint density at radius 2 is 1.64 bits per heavy atom. The number of hydrogen-bond acceptors (Lipinski definition) is 9. The zero-order valence-corrected chi connectivity index (χ0v) is 31.7.